The lowest BCUT2D eigenvalue weighted by Gasteiger charge is -2.43. The van der Waals surface area contributed by atoms with Gasteiger partial charge in [-0.2, -0.15) is 0 Å². The van der Waals surface area contributed by atoms with Crippen LogP contribution in [-0.4, -0.2) is 10.3 Å². The summed E-state index contributed by atoms with van der Waals surface area (Å²) in [7, 11) is -0.385. The van der Waals surface area contributed by atoms with Crippen LogP contribution in [0.1, 0.15) is 47.1 Å². The third-order valence-corrected chi connectivity index (χ3v) is 9.32. The Kier molecular flexibility index (Phi) is 6.61. The molecular formula is C27H32IP. The maximum absolute atomic E-state index is 2.45. The lowest BCUT2D eigenvalue weighted by molar-refractivity contribution is 0.715. The molecule has 0 aliphatic carbocycles. The van der Waals surface area contributed by atoms with Crippen molar-refractivity contribution in [3.05, 3.63) is 75.9 Å². The minimum atomic E-state index is -0.385. The summed E-state index contributed by atoms with van der Waals surface area (Å²) in [5, 5.41) is 1.98. The van der Waals surface area contributed by atoms with E-state index in [2.05, 4.69) is 138 Å². The molecule has 0 aromatic heterocycles. The van der Waals surface area contributed by atoms with E-state index in [0.29, 0.717) is 0 Å². The van der Waals surface area contributed by atoms with E-state index < -0.39 is 0 Å². The summed E-state index contributed by atoms with van der Waals surface area (Å²) < 4.78 is 1.29. The third kappa shape index (κ3) is 4.94. The molecule has 0 unspecified atom stereocenters. The molecule has 0 N–H and O–H groups in total. The maximum Gasteiger partial charge on any atom is 0.0139 e. The monoisotopic (exact) mass is 514 g/mol. The molecule has 152 valence electrons. The predicted octanol–water partition coefficient (Wildman–Crippen LogP) is 8.64. The predicted molar refractivity (Wildman–Crippen MR) is 141 cm³/mol. The van der Waals surface area contributed by atoms with Gasteiger partial charge in [-0.25, -0.2) is 0 Å². The minimum Gasteiger partial charge on any atom is -0.0636 e. The van der Waals surface area contributed by atoms with E-state index in [1.807, 2.05) is 0 Å². The van der Waals surface area contributed by atoms with Crippen LogP contribution in [0.4, 0.5) is 0 Å². The van der Waals surface area contributed by atoms with Gasteiger partial charge in [0.05, 0.1) is 0 Å². The van der Waals surface area contributed by atoms with Gasteiger partial charge in [0.2, 0.25) is 0 Å². The Bertz CT molecular complexity index is 977. The molecule has 0 atom stereocenters. The molecule has 0 saturated heterocycles. The van der Waals surface area contributed by atoms with Gasteiger partial charge in [-0.1, -0.05) is 104 Å². The van der Waals surface area contributed by atoms with E-state index in [-0.39, 0.29) is 18.2 Å². The largest absolute Gasteiger partial charge is 0.0636 e. The smallest absolute Gasteiger partial charge is 0.0139 e. The second-order valence-corrected chi connectivity index (χ2v) is 14.8. The highest BCUT2D eigenvalue weighted by molar-refractivity contribution is 14.1. The van der Waals surface area contributed by atoms with Gasteiger partial charge in [-0.05, 0) is 85.1 Å². The van der Waals surface area contributed by atoms with Gasteiger partial charge in [0.25, 0.3) is 0 Å². The van der Waals surface area contributed by atoms with Crippen molar-refractivity contribution in [3.8, 4) is 22.3 Å². The molecule has 0 aliphatic heterocycles. The zero-order chi connectivity index (χ0) is 21.4. The van der Waals surface area contributed by atoms with Crippen LogP contribution in [0.5, 0.6) is 0 Å². The van der Waals surface area contributed by atoms with Crippen LogP contribution >= 0.6 is 30.5 Å². The highest BCUT2D eigenvalue weighted by atomic mass is 127. The molecule has 0 nitrogen and oxygen atoms in total. The van der Waals surface area contributed by atoms with Crippen molar-refractivity contribution >= 4 is 35.8 Å². The Morgan fingerprint density at radius 1 is 0.690 bits per heavy atom. The van der Waals surface area contributed by atoms with Crippen LogP contribution in [0.15, 0.2) is 66.7 Å². The lowest BCUT2D eigenvalue weighted by atomic mass is 9.91. The van der Waals surface area contributed by atoms with Crippen molar-refractivity contribution in [1.82, 2.24) is 0 Å². The number of halogens is 1. The fourth-order valence-corrected chi connectivity index (χ4v) is 9.45. The SMILES string of the molecule is Cc1cc(I)cc(-c2ccccc2)c1-c1ccccc1P(C(C)(C)C)C(C)(C)C. The van der Waals surface area contributed by atoms with Gasteiger partial charge in [-0.3, -0.25) is 0 Å². The van der Waals surface area contributed by atoms with E-state index in [1.165, 1.54) is 36.7 Å². The van der Waals surface area contributed by atoms with Gasteiger partial charge >= 0.3 is 0 Å². The number of hydrogen-bond donors (Lipinski definition) is 0. The van der Waals surface area contributed by atoms with Crippen molar-refractivity contribution in [2.45, 2.75) is 58.8 Å². The Morgan fingerprint density at radius 3 is 1.83 bits per heavy atom. The minimum absolute atomic E-state index is 0.230. The second kappa shape index (κ2) is 8.52. The van der Waals surface area contributed by atoms with Gasteiger partial charge in [0, 0.05) is 3.57 Å². The lowest BCUT2D eigenvalue weighted by Crippen LogP contribution is -2.32. The summed E-state index contributed by atoms with van der Waals surface area (Å²) in [4.78, 5) is 0. The van der Waals surface area contributed by atoms with Crippen molar-refractivity contribution < 1.29 is 0 Å². The normalized spacial score (nSPS) is 12.4. The van der Waals surface area contributed by atoms with Crippen LogP contribution < -0.4 is 5.30 Å². The molecule has 0 bridgehead atoms. The Morgan fingerprint density at radius 2 is 1.24 bits per heavy atom. The number of rotatable bonds is 3. The first-order chi connectivity index (χ1) is 13.5. The molecule has 3 aromatic carbocycles. The topological polar surface area (TPSA) is 0 Å². The average Bonchev–Trinajstić information content (AvgIpc) is 2.60. The summed E-state index contributed by atoms with van der Waals surface area (Å²) >= 11 is 2.45. The van der Waals surface area contributed by atoms with Crippen molar-refractivity contribution in [1.29, 1.82) is 0 Å². The standard InChI is InChI=1S/C27H32IP/c1-19-17-21(28)18-23(20-13-9-8-10-14-20)25(19)22-15-11-12-16-24(22)29(26(2,3)4)27(5,6)7/h8-18H,1-7H3. The second-order valence-electron chi connectivity index (χ2n) is 9.71. The van der Waals surface area contributed by atoms with E-state index in [1.54, 1.807) is 0 Å². The van der Waals surface area contributed by atoms with Crippen LogP contribution in [0.3, 0.4) is 0 Å². The van der Waals surface area contributed by atoms with E-state index >= 15 is 0 Å². The molecule has 29 heavy (non-hydrogen) atoms. The van der Waals surface area contributed by atoms with Gasteiger partial charge in [0.15, 0.2) is 0 Å². The summed E-state index contributed by atoms with van der Waals surface area (Å²) in [5.74, 6) is 0. The third-order valence-electron chi connectivity index (χ3n) is 5.14. The van der Waals surface area contributed by atoms with Crippen LogP contribution in [0.2, 0.25) is 0 Å². The maximum atomic E-state index is 2.45. The molecule has 3 rings (SSSR count). The van der Waals surface area contributed by atoms with E-state index in [9.17, 15) is 0 Å². The zero-order valence-electron chi connectivity index (χ0n) is 18.7. The Hall–Kier alpha value is -1.18. The number of benzene rings is 3. The van der Waals surface area contributed by atoms with Gasteiger partial charge < -0.3 is 0 Å². The van der Waals surface area contributed by atoms with E-state index in [4.69, 9.17) is 0 Å². The summed E-state index contributed by atoms with van der Waals surface area (Å²) in [6, 6.07) is 24.6. The molecular weight excluding hydrogens is 482 g/mol. The van der Waals surface area contributed by atoms with Crippen LogP contribution in [-0.2, 0) is 0 Å². The fourth-order valence-electron chi connectivity index (χ4n) is 4.56. The highest BCUT2D eigenvalue weighted by Gasteiger charge is 2.37. The van der Waals surface area contributed by atoms with Crippen molar-refractivity contribution in [3.63, 3.8) is 0 Å². The molecule has 0 heterocycles. The van der Waals surface area contributed by atoms with Gasteiger partial charge in [0.1, 0.15) is 0 Å². The quantitative estimate of drug-likeness (QED) is 0.242. The molecule has 0 spiro atoms. The van der Waals surface area contributed by atoms with Crippen molar-refractivity contribution in [2.75, 3.05) is 0 Å². The summed E-state index contributed by atoms with van der Waals surface area (Å²) in [5.41, 5.74) is 6.75. The molecule has 2 heteroatoms. The number of aryl methyl sites for hydroxylation is 1. The first kappa shape index (κ1) is 22.5. The first-order valence-corrected chi connectivity index (χ1v) is 12.7. The number of hydrogen-bond acceptors (Lipinski definition) is 0. The molecule has 0 amide bonds. The summed E-state index contributed by atoms with van der Waals surface area (Å²) in [6.07, 6.45) is 0. The highest BCUT2D eigenvalue weighted by Crippen LogP contribution is 2.59. The molecule has 0 fully saturated rings. The molecule has 0 radical (unpaired) electrons. The first-order valence-electron chi connectivity index (χ1n) is 10.3. The summed E-state index contributed by atoms with van der Waals surface area (Å²) in [6.45, 7) is 16.7. The van der Waals surface area contributed by atoms with Gasteiger partial charge in [-0.15, -0.1) is 0 Å². The van der Waals surface area contributed by atoms with Crippen molar-refractivity contribution in [2.24, 2.45) is 0 Å². The fraction of sp³-hybridized carbons (Fsp3) is 0.333. The van der Waals surface area contributed by atoms with Crippen LogP contribution in [0.25, 0.3) is 22.3 Å². The zero-order valence-corrected chi connectivity index (χ0v) is 21.7. The Balaban J connectivity index is 2.35. The van der Waals surface area contributed by atoms with E-state index in [0.717, 1.165) is 0 Å². The average molecular weight is 514 g/mol. The molecule has 0 saturated carbocycles. The molecule has 3 aromatic rings. The van der Waals surface area contributed by atoms with Crippen LogP contribution in [0, 0.1) is 10.5 Å². The molecule has 0 aliphatic rings. The Labute approximate surface area is 192 Å².